The first kappa shape index (κ1) is 18.1. The van der Waals surface area contributed by atoms with Crippen LogP contribution in [-0.4, -0.2) is 65.4 Å². The quantitative estimate of drug-likeness (QED) is 0.669. The molecule has 4 heterocycles. The molecule has 2 aliphatic heterocycles. The molecule has 0 radical (unpaired) electrons. The van der Waals surface area contributed by atoms with Crippen molar-refractivity contribution < 1.29 is 9.47 Å². The largest absolute Gasteiger partial charge is 0.471 e. The highest BCUT2D eigenvalue weighted by atomic mass is 16.5. The van der Waals surface area contributed by atoms with Crippen molar-refractivity contribution in [3.8, 4) is 5.88 Å². The molecule has 1 aromatic carbocycles. The van der Waals surface area contributed by atoms with Gasteiger partial charge in [0.2, 0.25) is 5.88 Å². The highest BCUT2D eigenvalue weighted by molar-refractivity contribution is 5.86. The minimum Gasteiger partial charge on any atom is -0.471 e. The number of nitrogens with zero attached hydrogens (tertiary/aromatic N) is 6. The number of fused-ring (bicyclic) bond motifs is 1. The van der Waals surface area contributed by atoms with Crippen LogP contribution in [0.5, 0.6) is 5.88 Å². The molecule has 5 rings (SSSR count). The van der Waals surface area contributed by atoms with E-state index >= 15 is 0 Å². The molecule has 29 heavy (non-hydrogen) atoms. The third-order valence-electron chi connectivity index (χ3n) is 5.51. The molecular formula is C21H24N6O2. The predicted molar refractivity (Wildman–Crippen MR) is 111 cm³/mol. The van der Waals surface area contributed by atoms with Crippen LogP contribution < -0.4 is 14.5 Å². The summed E-state index contributed by atoms with van der Waals surface area (Å²) in [6.07, 6.45) is 4.17. The van der Waals surface area contributed by atoms with Gasteiger partial charge in [0.25, 0.3) is 0 Å². The van der Waals surface area contributed by atoms with Crippen molar-refractivity contribution in [2.75, 3.05) is 49.2 Å². The molecule has 2 aromatic heterocycles. The van der Waals surface area contributed by atoms with E-state index in [0.717, 1.165) is 61.6 Å². The number of hydrogen-bond acceptors (Lipinski definition) is 8. The van der Waals surface area contributed by atoms with Crippen LogP contribution in [0, 0.1) is 6.92 Å². The molecule has 0 bridgehead atoms. The van der Waals surface area contributed by atoms with Crippen LogP contribution in [0.2, 0.25) is 0 Å². The molecule has 8 heteroatoms. The van der Waals surface area contributed by atoms with Crippen LogP contribution in [-0.2, 0) is 4.74 Å². The first-order chi connectivity index (χ1) is 14.3. The van der Waals surface area contributed by atoms with Crippen LogP contribution >= 0.6 is 0 Å². The van der Waals surface area contributed by atoms with E-state index in [1.54, 1.807) is 12.7 Å². The summed E-state index contributed by atoms with van der Waals surface area (Å²) in [4.78, 5) is 22.1. The van der Waals surface area contributed by atoms with Crippen molar-refractivity contribution in [1.29, 1.82) is 0 Å². The number of piperazine rings is 1. The Balaban J connectivity index is 1.34. The Bertz CT molecular complexity index is 999. The van der Waals surface area contributed by atoms with Crippen LogP contribution in [0.3, 0.4) is 0 Å². The summed E-state index contributed by atoms with van der Waals surface area (Å²) in [5.74, 6) is 1.64. The SMILES string of the molecule is Cc1cc(N2CCN(c3ccc4ncnc(OC5CCOC5)c4c3)CC2)ncn1. The minimum atomic E-state index is 0.0663. The van der Waals surface area contributed by atoms with Gasteiger partial charge in [0, 0.05) is 50.0 Å². The third-order valence-corrected chi connectivity index (χ3v) is 5.51. The Kier molecular flexibility index (Phi) is 4.85. The average molecular weight is 392 g/mol. The van der Waals surface area contributed by atoms with E-state index in [1.807, 2.05) is 19.1 Å². The van der Waals surface area contributed by atoms with Crippen molar-refractivity contribution >= 4 is 22.4 Å². The molecule has 2 fully saturated rings. The van der Waals surface area contributed by atoms with Crippen LogP contribution in [0.1, 0.15) is 12.1 Å². The van der Waals surface area contributed by atoms with Crippen molar-refractivity contribution in [2.45, 2.75) is 19.4 Å². The Labute approximate surface area is 169 Å². The third kappa shape index (κ3) is 3.80. The average Bonchev–Trinajstić information content (AvgIpc) is 3.27. The first-order valence-electron chi connectivity index (χ1n) is 10.0. The van der Waals surface area contributed by atoms with Gasteiger partial charge in [-0.15, -0.1) is 0 Å². The summed E-state index contributed by atoms with van der Waals surface area (Å²) >= 11 is 0. The second-order valence-corrected chi connectivity index (χ2v) is 7.48. The zero-order valence-electron chi connectivity index (χ0n) is 16.5. The lowest BCUT2D eigenvalue weighted by atomic mass is 10.2. The van der Waals surface area contributed by atoms with Crippen LogP contribution in [0.15, 0.2) is 36.9 Å². The fourth-order valence-electron chi connectivity index (χ4n) is 3.88. The number of aromatic nitrogens is 4. The van der Waals surface area contributed by atoms with E-state index in [4.69, 9.17) is 9.47 Å². The van der Waals surface area contributed by atoms with E-state index in [2.05, 4.69) is 41.9 Å². The predicted octanol–water partition coefficient (Wildman–Crippen LogP) is 2.22. The molecule has 1 unspecified atom stereocenters. The van der Waals surface area contributed by atoms with E-state index in [-0.39, 0.29) is 6.10 Å². The molecular weight excluding hydrogens is 368 g/mol. The molecule has 3 aromatic rings. The first-order valence-corrected chi connectivity index (χ1v) is 10.0. The number of hydrogen-bond donors (Lipinski definition) is 0. The lowest BCUT2D eigenvalue weighted by Crippen LogP contribution is -2.46. The van der Waals surface area contributed by atoms with Crippen molar-refractivity contribution in [2.24, 2.45) is 0 Å². The lowest BCUT2D eigenvalue weighted by Gasteiger charge is -2.36. The number of rotatable bonds is 4. The number of aryl methyl sites for hydroxylation is 1. The smallest absolute Gasteiger partial charge is 0.224 e. The molecule has 0 aliphatic carbocycles. The normalized spacial score (nSPS) is 19.7. The maximum Gasteiger partial charge on any atom is 0.224 e. The van der Waals surface area contributed by atoms with Crippen LogP contribution in [0.25, 0.3) is 10.9 Å². The fraction of sp³-hybridized carbons (Fsp3) is 0.429. The monoisotopic (exact) mass is 392 g/mol. The van der Waals surface area contributed by atoms with Gasteiger partial charge >= 0.3 is 0 Å². The summed E-state index contributed by atoms with van der Waals surface area (Å²) in [5.41, 5.74) is 3.05. The lowest BCUT2D eigenvalue weighted by molar-refractivity contribution is 0.139. The topological polar surface area (TPSA) is 76.5 Å². The summed E-state index contributed by atoms with van der Waals surface area (Å²) in [7, 11) is 0. The zero-order valence-corrected chi connectivity index (χ0v) is 16.5. The number of benzene rings is 1. The molecule has 0 amide bonds. The van der Waals surface area contributed by atoms with Crippen molar-refractivity contribution in [3.05, 3.63) is 42.6 Å². The highest BCUT2D eigenvalue weighted by Crippen LogP contribution is 2.29. The molecule has 0 N–H and O–H groups in total. The standard InChI is InChI=1S/C21H24N6O2/c1-15-10-20(24-13-22-15)27-7-5-26(6-8-27)16-2-3-19-18(11-16)21(25-14-23-19)29-17-4-9-28-12-17/h2-3,10-11,13-14,17H,4-9,12H2,1H3. The van der Waals surface area contributed by atoms with Gasteiger partial charge in [-0.05, 0) is 25.1 Å². The van der Waals surface area contributed by atoms with E-state index in [9.17, 15) is 0 Å². The van der Waals surface area contributed by atoms with Gasteiger partial charge in [0.15, 0.2) is 0 Å². The summed E-state index contributed by atoms with van der Waals surface area (Å²) in [5, 5.41) is 0.950. The van der Waals surface area contributed by atoms with Gasteiger partial charge in [-0.2, -0.15) is 0 Å². The van der Waals surface area contributed by atoms with Gasteiger partial charge in [-0.3, -0.25) is 0 Å². The van der Waals surface area contributed by atoms with Crippen molar-refractivity contribution in [3.63, 3.8) is 0 Å². The molecule has 1 atom stereocenters. The Hall–Kier alpha value is -3.00. The number of ether oxygens (including phenoxy) is 2. The fourth-order valence-corrected chi connectivity index (χ4v) is 3.88. The Morgan fingerprint density at radius 2 is 1.79 bits per heavy atom. The summed E-state index contributed by atoms with van der Waals surface area (Å²) in [6.45, 7) is 7.05. The zero-order chi connectivity index (χ0) is 19.6. The Morgan fingerprint density at radius 1 is 0.966 bits per heavy atom. The van der Waals surface area contributed by atoms with E-state index < -0.39 is 0 Å². The van der Waals surface area contributed by atoms with Gasteiger partial charge in [-0.1, -0.05) is 0 Å². The maximum absolute atomic E-state index is 6.10. The van der Waals surface area contributed by atoms with E-state index in [0.29, 0.717) is 12.5 Å². The summed E-state index contributed by atoms with van der Waals surface area (Å²) < 4.78 is 11.5. The van der Waals surface area contributed by atoms with Gasteiger partial charge < -0.3 is 19.3 Å². The maximum atomic E-state index is 6.10. The molecule has 2 saturated heterocycles. The molecule has 150 valence electrons. The number of anilines is 2. The van der Waals surface area contributed by atoms with Crippen LogP contribution in [0.4, 0.5) is 11.5 Å². The summed E-state index contributed by atoms with van der Waals surface area (Å²) in [6, 6.07) is 8.36. The van der Waals surface area contributed by atoms with Gasteiger partial charge in [0.1, 0.15) is 24.6 Å². The van der Waals surface area contributed by atoms with E-state index in [1.165, 1.54) is 5.69 Å². The highest BCUT2D eigenvalue weighted by Gasteiger charge is 2.21. The second-order valence-electron chi connectivity index (χ2n) is 7.48. The molecule has 8 nitrogen and oxygen atoms in total. The molecule has 0 saturated carbocycles. The molecule has 0 spiro atoms. The van der Waals surface area contributed by atoms with Crippen molar-refractivity contribution in [1.82, 2.24) is 19.9 Å². The Morgan fingerprint density at radius 3 is 2.59 bits per heavy atom. The molecule has 2 aliphatic rings. The second kappa shape index (κ2) is 7.79. The minimum absolute atomic E-state index is 0.0663. The van der Waals surface area contributed by atoms with Gasteiger partial charge in [-0.25, -0.2) is 19.9 Å². The van der Waals surface area contributed by atoms with Gasteiger partial charge in [0.05, 0.1) is 24.1 Å².